The molecule has 3 aromatic rings. The molecule has 0 spiro atoms. The van der Waals surface area contributed by atoms with Gasteiger partial charge in [0.1, 0.15) is 5.82 Å². The second-order valence-corrected chi connectivity index (χ2v) is 12.8. The van der Waals surface area contributed by atoms with E-state index in [0.717, 1.165) is 37.4 Å². The molecule has 202 valence electrons. The van der Waals surface area contributed by atoms with Crippen LogP contribution in [0.25, 0.3) is 11.1 Å². The molecule has 39 heavy (non-hydrogen) atoms. The van der Waals surface area contributed by atoms with Gasteiger partial charge in [-0.1, -0.05) is 57.9 Å². The number of nitrogens with zero attached hydrogens (tertiary/aromatic N) is 4. The first-order valence-corrected chi connectivity index (χ1v) is 14.7. The van der Waals surface area contributed by atoms with Gasteiger partial charge in [0.15, 0.2) is 0 Å². The molecule has 3 fully saturated rings. The zero-order valence-electron chi connectivity index (χ0n) is 23.6. The van der Waals surface area contributed by atoms with Crippen molar-refractivity contribution in [2.75, 3.05) is 29.4 Å². The van der Waals surface area contributed by atoms with E-state index in [9.17, 15) is 5.26 Å². The van der Waals surface area contributed by atoms with Crippen LogP contribution in [0.4, 0.5) is 11.5 Å². The predicted molar refractivity (Wildman–Crippen MR) is 160 cm³/mol. The van der Waals surface area contributed by atoms with Crippen LogP contribution in [0, 0.1) is 17.2 Å². The molecule has 3 heterocycles. The summed E-state index contributed by atoms with van der Waals surface area (Å²) in [6.07, 6.45) is 8.31. The van der Waals surface area contributed by atoms with Gasteiger partial charge < -0.3 is 15.1 Å². The molecule has 3 aliphatic rings. The first-order valence-electron chi connectivity index (χ1n) is 14.7. The van der Waals surface area contributed by atoms with Crippen molar-refractivity contribution < 1.29 is 0 Å². The molecular weight excluding hydrogens is 478 g/mol. The summed E-state index contributed by atoms with van der Waals surface area (Å²) in [6.45, 7) is 9.89. The fraction of sp³-hybridized carbons (Fsp3) is 0.471. The monoisotopic (exact) mass is 519 g/mol. The maximum Gasteiger partial charge on any atom is 0.129 e. The van der Waals surface area contributed by atoms with Gasteiger partial charge in [-0.3, -0.25) is 0 Å². The Hall–Kier alpha value is -3.36. The lowest BCUT2D eigenvalue weighted by molar-refractivity contribution is 0.260. The number of aromatic nitrogens is 1. The summed E-state index contributed by atoms with van der Waals surface area (Å²) in [5.41, 5.74) is 5.92. The highest BCUT2D eigenvalue weighted by molar-refractivity contribution is 5.68. The van der Waals surface area contributed by atoms with E-state index in [1.165, 1.54) is 48.1 Å². The normalized spacial score (nSPS) is 25.3. The Morgan fingerprint density at radius 3 is 2.49 bits per heavy atom. The second-order valence-electron chi connectivity index (χ2n) is 12.8. The molecule has 2 saturated heterocycles. The molecule has 2 aromatic carbocycles. The molecule has 1 aliphatic carbocycles. The minimum atomic E-state index is 0.119. The van der Waals surface area contributed by atoms with Crippen molar-refractivity contribution in [3.63, 3.8) is 0 Å². The van der Waals surface area contributed by atoms with Crippen LogP contribution in [0.1, 0.15) is 64.0 Å². The SMILES string of the molecule is CC(C)(C)c1cccc(-c2ccnc(N3CC4CCCCC4NC4CN(c5ccc(C#N)cc5)CCC43)c2)c1. The number of nitrogens with one attached hydrogen (secondary N) is 1. The van der Waals surface area contributed by atoms with E-state index in [1.807, 2.05) is 18.3 Å². The van der Waals surface area contributed by atoms with Crippen molar-refractivity contribution in [2.24, 2.45) is 5.92 Å². The van der Waals surface area contributed by atoms with Crippen LogP contribution >= 0.6 is 0 Å². The Balaban J connectivity index is 1.31. The fourth-order valence-corrected chi connectivity index (χ4v) is 6.95. The van der Waals surface area contributed by atoms with Crippen molar-refractivity contribution in [2.45, 2.75) is 76.4 Å². The Labute approximate surface area is 233 Å². The highest BCUT2D eigenvalue weighted by Crippen LogP contribution is 2.36. The van der Waals surface area contributed by atoms with Crippen molar-refractivity contribution in [3.8, 4) is 17.2 Å². The predicted octanol–water partition coefficient (Wildman–Crippen LogP) is 6.53. The van der Waals surface area contributed by atoms with Crippen LogP contribution in [-0.4, -0.2) is 42.7 Å². The smallest absolute Gasteiger partial charge is 0.129 e. The van der Waals surface area contributed by atoms with Gasteiger partial charge in [-0.05, 0) is 83.7 Å². The van der Waals surface area contributed by atoms with Crippen molar-refractivity contribution in [1.29, 1.82) is 5.26 Å². The number of anilines is 2. The van der Waals surface area contributed by atoms with Crippen molar-refractivity contribution in [3.05, 3.63) is 78.0 Å². The van der Waals surface area contributed by atoms with Crippen molar-refractivity contribution >= 4 is 11.5 Å². The molecule has 1 saturated carbocycles. The summed E-state index contributed by atoms with van der Waals surface area (Å²) >= 11 is 0. The number of hydrogen-bond acceptors (Lipinski definition) is 5. The molecule has 0 radical (unpaired) electrons. The molecule has 4 atom stereocenters. The number of benzene rings is 2. The lowest BCUT2D eigenvalue weighted by Gasteiger charge is -2.44. The molecule has 1 N–H and O–H groups in total. The van der Waals surface area contributed by atoms with E-state index in [2.05, 4.69) is 90.5 Å². The van der Waals surface area contributed by atoms with Crippen LogP contribution in [0.5, 0.6) is 0 Å². The highest BCUT2D eigenvalue weighted by Gasteiger charge is 2.41. The highest BCUT2D eigenvalue weighted by atomic mass is 15.3. The number of pyridine rings is 1. The average molecular weight is 520 g/mol. The van der Waals surface area contributed by atoms with Crippen LogP contribution in [0.2, 0.25) is 0 Å². The Bertz CT molecular complexity index is 1330. The molecule has 0 amide bonds. The maximum atomic E-state index is 9.23. The zero-order chi connectivity index (χ0) is 27.0. The molecular formula is C34H41N5. The molecule has 5 heteroatoms. The Morgan fingerprint density at radius 2 is 1.69 bits per heavy atom. The third-order valence-corrected chi connectivity index (χ3v) is 9.21. The van der Waals surface area contributed by atoms with Gasteiger partial charge >= 0.3 is 0 Å². The molecule has 1 aromatic heterocycles. The largest absolute Gasteiger partial charge is 0.370 e. The van der Waals surface area contributed by atoms with Gasteiger partial charge in [-0.15, -0.1) is 0 Å². The third-order valence-electron chi connectivity index (χ3n) is 9.21. The zero-order valence-corrected chi connectivity index (χ0v) is 23.6. The van der Waals surface area contributed by atoms with Gasteiger partial charge in [-0.2, -0.15) is 5.26 Å². The summed E-state index contributed by atoms with van der Waals surface area (Å²) < 4.78 is 0. The summed E-state index contributed by atoms with van der Waals surface area (Å²) in [5, 5.41) is 13.4. The summed E-state index contributed by atoms with van der Waals surface area (Å²) in [5.74, 6) is 1.77. The van der Waals surface area contributed by atoms with Crippen LogP contribution < -0.4 is 15.1 Å². The number of hydrogen-bond donors (Lipinski definition) is 1. The van der Waals surface area contributed by atoms with Crippen molar-refractivity contribution in [1.82, 2.24) is 10.3 Å². The van der Waals surface area contributed by atoms with E-state index in [4.69, 9.17) is 4.98 Å². The van der Waals surface area contributed by atoms with E-state index in [-0.39, 0.29) is 5.41 Å². The Morgan fingerprint density at radius 1 is 0.897 bits per heavy atom. The third kappa shape index (κ3) is 5.40. The first kappa shape index (κ1) is 25.9. The quantitative estimate of drug-likeness (QED) is 0.426. The minimum Gasteiger partial charge on any atom is -0.370 e. The average Bonchev–Trinajstić information content (AvgIpc) is 3.13. The number of fused-ring (bicyclic) bond motifs is 2. The number of piperidine rings is 1. The summed E-state index contributed by atoms with van der Waals surface area (Å²) in [4.78, 5) is 10.1. The second kappa shape index (κ2) is 10.7. The molecule has 6 rings (SSSR count). The fourth-order valence-electron chi connectivity index (χ4n) is 6.95. The molecule has 4 unspecified atom stereocenters. The van der Waals surface area contributed by atoms with E-state index in [0.29, 0.717) is 24.0 Å². The van der Waals surface area contributed by atoms with Crippen LogP contribution in [0.3, 0.4) is 0 Å². The lowest BCUT2D eigenvalue weighted by atomic mass is 9.84. The van der Waals surface area contributed by atoms with E-state index >= 15 is 0 Å². The number of rotatable bonds is 3. The van der Waals surface area contributed by atoms with Crippen LogP contribution in [-0.2, 0) is 5.41 Å². The summed E-state index contributed by atoms with van der Waals surface area (Å²) in [6, 6.07) is 25.2. The maximum absolute atomic E-state index is 9.23. The lowest BCUT2D eigenvalue weighted by Crippen LogP contribution is -2.59. The van der Waals surface area contributed by atoms with Gasteiger partial charge in [0.2, 0.25) is 0 Å². The summed E-state index contributed by atoms with van der Waals surface area (Å²) in [7, 11) is 0. The topological polar surface area (TPSA) is 55.2 Å². The van der Waals surface area contributed by atoms with Crippen LogP contribution in [0.15, 0.2) is 66.9 Å². The molecule has 0 bridgehead atoms. The molecule has 2 aliphatic heterocycles. The van der Waals surface area contributed by atoms with Gasteiger partial charge in [0.25, 0.3) is 0 Å². The van der Waals surface area contributed by atoms with E-state index in [1.54, 1.807) is 0 Å². The molecule has 5 nitrogen and oxygen atoms in total. The van der Waals surface area contributed by atoms with E-state index < -0.39 is 0 Å². The van der Waals surface area contributed by atoms with Gasteiger partial charge in [0, 0.05) is 49.6 Å². The Kier molecular flexibility index (Phi) is 7.08. The van der Waals surface area contributed by atoms with Gasteiger partial charge in [-0.25, -0.2) is 4.98 Å². The minimum absolute atomic E-state index is 0.119. The standard InChI is InChI=1S/C34H41N5/c1-34(2,3)28-9-6-8-25(19-28)26-15-17-36-33(20-26)39-22-27-7-4-5-10-30(27)37-31-23-38(18-16-32(31)39)29-13-11-24(21-35)12-14-29/h6,8-9,11-15,17,19-20,27,30-32,37H,4-5,7,10,16,18,22-23H2,1-3H3. The first-order chi connectivity index (χ1) is 18.9. The number of nitriles is 1. The van der Waals surface area contributed by atoms with Gasteiger partial charge in [0.05, 0.1) is 11.6 Å².